The second-order valence-corrected chi connectivity index (χ2v) is 7.49. The molecule has 0 bridgehead atoms. The summed E-state index contributed by atoms with van der Waals surface area (Å²) >= 11 is 0. The summed E-state index contributed by atoms with van der Waals surface area (Å²) in [5.41, 5.74) is 0.372. The van der Waals surface area contributed by atoms with Crippen molar-refractivity contribution >= 4 is 11.6 Å². The van der Waals surface area contributed by atoms with Crippen LogP contribution in [-0.2, 0) is 4.74 Å². The fraction of sp³-hybridized carbons (Fsp3) is 0.667. The van der Waals surface area contributed by atoms with E-state index in [2.05, 4.69) is 10.2 Å². The van der Waals surface area contributed by atoms with Gasteiger partial charge in [-0.2, -0.15) is 0 Å². The molecule has 2 N–H and O–H groups in total. The Morgan fingerprint density at radius 3 is 2.96 bits per heavy atom. The first-order valence-electron chi connectivity index (χ1n) is 10.3. The Kier molecular flexibility index (Phi) is 7.33. The van der Waals surface area contributed by atoms with E-state index in [-0.39, 0.29) is 11.6 Å². The van der Waals surface area contributed by atoms with Crippen LogP contribution in [0.5, 0.6) is 5.75 Å². The molecule has 0 spiro atoms. The van der Waals surface area contributed by atoms with Crippen LogP contribution in [0.1, 0.15) is 51.9 Å². The van der Waals surface area contributed by atoms with Crippen molar-refractivity contribution in [2.24, 2.45) is 10.9 Å². The van der Waals surface area contributed by atoms with E-state index in [1.54, 1.807) is 0 Å². The minimum absolute atomic E-state index is 0.0376. The van der Waals surface area contributed by atoms with Crippen molar-refractivity contribution < 1.29 is 14.2 Å². The Labute approximate surface area is 161 Å². The average molecular weight is 378 g/mol. The molecule has 2 atom stereocenters. The third kappa shape index (κ3) is 5.34. The Hall–Kier alpha value is -1.82. The van der Waals surface area contributed by atoms with Crippen molar-refractivity contribution in [1.82, 2.24) is 4.90 Å². The lowest BCUT2D eigenvalue weighted by atomic mass is 9.78. The zero-order valence-electron chi connectivity index (χ0n) is 16.3. The lowest BCUT2D eigenvalue weighted by Crippen LogP contribution is -2.52. The number of guanidine groups is 1. The van der Waals surface area contributed by atoms with E-state index in [0.29, 0.717) is 37.4 Å². The van der Waals surface area contributed by atoms with E-state index in [1.807, 2.05) is 6.92 Å². The van der Waals surface area contributed by atoms with Gasteiger partial charge in [-0.25, -0.2) is 4.39 Å². The van der Waals surface area contributed by atoms with Crippen molar-refractivity contribution in [1.29, 1.82) is 0 Å². The molecule has 0 aromatic heterocycles. The smallest absolute Gasteiger partial charge is 0.198 e. The van der Waals surface area contributed by atoms with Gasteiger partial charge < -0.3 is 20.1 Å². The number of phenolic OH excluding ortho intramolecular Hbond substituents is 1. The van der Waals surface area contributed by atoms with Crippen LogP contribution >= 0.6 is 0 Å². The number of hydrogen-bond acceptors (Lipinski definition) is 3. The quantitative estimate of drug-likeness (QED) is 0.334. The molecule has 1 aromatic carbocycles. The standard InChI is InChI=1S/C21H32FN3O2/c1-2-27-14-6-12-23-21(24-18-15-17(22)10-11-20(18)26)25-13-5-8-16-7-3-4-9-19(16)25/h10-11,15-16,19,26H,2-9,12-14H2,1H3,(H,23,24). The number of hydrogen-bond donors (Lipinski definition) is 2. The second kappa shape index (κ2) is 9.93. The molecule has 1 aliphatic carbocycles. The van der Waals surface area contributed by atoms with Gasteiger partial charge in [-0.3, -0.25) is 4.99 Å². The van der Waals surface area contributed by atoms with Gasteiger partial charge in [0.25, 0.3) is 0 Å². The molecule has 3 rings (SSSR count). The maximum atomic E-state index is 13.7. The molecule has 2 aliphatic rings. The van der Waals surface area contributed by atoms with Crippen LogP contribution in [0, 0.1) is 11.7 Å². The number of anilines is 1. The summed E-state index contributed by atoms with van der Waals surface area (Å²) in [5.74, 6) is 1.13. The first kappa shape index (κ1) is 19.9. The number of aliphatic imine (C=N–C) groups is 1. The lowest BCUT2D eigenvalue weighted by molar-refractivity contribution is 0.118. The first-order valence-corrected chi connectivity index (χ1v) is 10.3. The van der Waals surface area contributed by atoms with E-state index in [4.69, 9.17) is 9.73 Å². The monoisotopic (exact) mass is 377 g/mol. The maximum Gasteiger partial charge on any atom is 0.198 e. The Morgan fingerprint density at radius 2 is 2.11 bits per heavy atom. The van der Waals surface area contributed by atoms with Crippen molar-refractivity contribution in [3.63, 3.8) is 0 Å². The van der Waals surface area contributed by atoms with Gasteiger partial charge in [0.2, 0.25) is 0 Å². The average Bonchev–Trinajstić information content (AvgIpc) is 2.69. The fourth-order valence-corrected chi connectivity index (χ4v) is 4.31. The van der Waals surface area contributed by atoms with Crippen molar-refractivity contribution in [2.75, 3.05) is 31.6 Å². The number of fused-ring (bicyclic) bond motifs is 1. The van der Waals surface area contributed by atoms with Gasteiger partial charge in [0, 0.05) is 38.4 Å². The van der Waals surface area contributed by atoms with Crippen molar-refractivity contribution in [3.05, 3.63) is 24.0 Å². The summed E-state index contributed by atoms with van der Waals surface area (Å²) in [6.07, 6.45) is 8.30. The summed E-state index contributed by atoms with van der Waals surface area (Å²) in [5, 5.41) is 13.4. The predicted molar refractivity (Wildman–Crippen MR) is 107 cm³/mol. The molecule has 1 saturated carbocycles. The minimum atomic E-state index is -0.375. The van der Waals surface area contributed by atoms with Crippen LogP contribution in [0.2, 0.25) is 0 Å². The van der Waals surface area contributed by atoms with Crippen LogP contribution in [0.15, 0.2) is 23.2 Å². The van der Waals surface area contributed by atoms with Gasteiger partial charge in [0.1, 0.15) is 11.6 Å². The minimum Gasteiger partial charge on any atom is -0.506 e. The predicted octanol–water partition coefficient (Wildman–Crippen LogP) is 4.38. The fourth-order valence-electron chi connectivity index (χ4n) is 4.31. The largest absolute Gasteiger partial charge is 0.506 e. The van der Waals surface area contributed by atoms with Crippen molar-refractivity contribution in [3.8, 4) is 5.75 Å². The molecule has 1 aromatic rings. The number of ether oxygens (including phenoxy) is 1. The second-order valence-electron chi connectivity index (χ2n) is 7.49. The Bertz CT molecular complexity index is 636. The Balaban J connectivity index is 1.78. The van der Waals surface area contributed by atoms with Crippen LogP contribution in [0.25, 0.3) is 0 Å². The number of halogens is 1. The van der Waals surface area contributed by atoms with Gasteiger partial charge in [-0.05, 0) is 57.1 Å². The third-order valence-corrected chi connectivity index (χ3v) is 5.63. The summed E-state index contributed by atoms with van der Waals surface area (Å²) < 4.78 is 19.1. The number of piperidine rings is 1. The first-order chi connectivity index (χ1) is 13.2. The van der Waals surface area contributed by atoms with E-state index in [9.17, 15) is 9.50 Å². The number of aromatic hydroxyl groups is 1. The van der Waals surface area contributed by atoms with E-state index >= 15 is 0 Å². The molecule has 1 aliphatic heterocycles. The highest BCUT2D eigenvalue weighted by molar-refractivity contribution is 5.95. The molecule has 0 radical (unpaired) electrons. The highest BCUT2D eigenvalue weighted by Crippen LogP contribution is 2.36. The molecule has 1 saturated heterocycles. The molecule has 1 heterocycles. The molecular formula is C21H32FN3O2. The molecule has 0 amide bonds. The van der Waals surface area contributed by atoms with Gasteiger partial charge in [-0.1, -0.05) is 12.8 Å². The highest BCUT2D eigenvalue weighted by atomic mass is 19.1. The number of phenols is 1. The van der Waals surface area contributed by atoms with E-state index in [1.165, 1.54) is 50.3 Å². The molecule has 2 unspecified atom stereocenters. The van der Waals surface area contributed by atoms with Gasteiger partial charge in [-0.15, -0.1) is 0 Å². The molecular weight excluding hydrogens is 345 g/mol. The maximum absolute atomic E-state index is 13.7. The summed E-state index contributed by atoms with van der Waals surface area (Å²) in [6.45, 7) is 4.98. The van der Waals surface area contributed by atoms with Crippen LogP contribution in [0.4, 0.5) is 10.1 Å². The zero-order valence-corrected chi connectivity index (χ0v) is 16.3. The summed E-state index contributed by atoms with van der Waals surface area (Å²) in [7, 11) is 0. The number of rotatable bonds is 6. The van der Waals surface area contributed by atoms with Gasteiger partial charge in [0.15, 0.2) is 5.96 Å². The normalized spacial score (nSPS) is 23.2. The number of nitrogens with one attached hydrogen (secondary N) is 1. The van der Waals surface area contributed by atoms with Gasteiger partial charge in [0.05, 0.1) is 5.69 Å². The molecule has 150 valence electrons. The molecule has 2 fully saturated rings. The van der Waals surface area contributed by atoms with E-state index in [0.717, 1.165) is 25.3 Å². The topological polar surface area (TPSA) is 57.1 Å². The summed E-state index contributed by atoms with van der Waals surface area (Å²) in [4.78, 5) is 7.15. The van der Waals surface area contributed by atoms with Gasteiger partial charge >= 0.3 is 0 Å². The van der Waals surface area contributed by atoms with Crippen LogP contribution in [-0.4, -0.2) is 48.3 Å². The lowest BCUT2D eigenvalue weighted by Gasteiger charge is -2.45. The van der Waals surface area contributed by atoms with Crippen LogP contribution < -0.4 is 5.32 Å². The summed E-state index contributed by atoms with van der Waals surface area (Å²) in [6, 6.07) is 4.45. The number of benzene rings is 1. The Morgan fingerprint density at radius 1 is 1.30 bits per heavy atom. The number of nitrogens with zero attached hydrogens (tertiary/aromatic N) is 2. The zero-order chi connectivity index (χ0) is 19.1. The number of likely N-dealkylation sites (tertiary alicyclic amines) is 1. The highest BCUT2D eigenvalue weighted by Gasteiger charge is 2.35. The third-order valence-electron chi connectivity index (χ3n) is 5.63. The van der Waals surface area contributed by atoms with Crippen molar-refractivity contribution in [2.45, 2.75) is 57.9 Å². The van der Waals surface area contributed by atoms with E-state index < -0.39 is 0 Å². The SMILES string of the molecule is CCOCCCN=C(Nc1cc(F)ccc1O)N1CCCC2CCCCC21. The molecule has 5 nitrogen and oxygen atoms in total. The van der Waals surface area contributed by atoms with Crippen LogP contribution in [0.3, 0.4) is 0 Å². The molecule has 6 heteroatoms. The molecule has 27 heavy (non-hydrogen) atoms.